The molecule has 0 radical (unpaired) electrons. The number of para-hydroxylation sites is 1. The number of anilines is 1. The molecule has 2 heterocycles. The van der Waals surface area contributed by atoms with Crippen molar-refractivity contribution in [2.24, 2.45) is 4.99 Å². The third-order valence-electron chi connectivity index (χ3n) is 7.58. The number of hydrogen-bond donors (Lipinski definition) is 1. The highest BCUT2D eigenvalue weighted by Crippen LogP contribution is 2.33. The van der Waals surface area contributed by atoms with E-state index in [1.165, 1.54) is 11.3 Å². The van der Waals surface area contributed by atoms with Gasteiger partial charge in [-0.1, -0.05) is 71.5 Å². The molecule has 0 fully saturated rings. The number of aromatic nitrogens is 1. The van der Waals surface area contributed by atoms with Crippen LogP contribution in [0.2, 0.25) is 5.02 Å². The molecule has 0 aliphatic carbocycles. The molecule has 10 heteroatoms. The van der Waals surface area contributed by atoms with Gasteiger partial charge in [-0.3, -0.25) is 14.2 Å². The summed E-state index contributed by atoms with van der Waals surface area (Å²) < 4.78 is 19.5. The Morgan fingerprint density at radius 2 is 1.77 bits per heavy atom. The highest BCUT2D eigenvalue weighted by atomic mass is 35.5. The zero-order valence-electron chi connectivity index (χ0n) is 26.0. The summed E-state index contributed by atoms with van der Waals surface area (Å²) in [6.45, 7) is 4.48. The van der Waals surface area contributed by atoms with Crippen LogP contribution in [-0.2, 0) is 11.4 Å². The standard InChI is InChI=1S/C37H32ClN3O5S/c1-4-45-31-19-25(15-18-30(31)46-22-24-13-16-27(38)17-14-24)20-32-36(43)41-34(26-9-8-12-29(21-26)44-3)33(23(2)39-37(41)47-32)35(42)40-28-10-6-5-7-11-28/h5-21,34H,4,22H2,1-3H3,(H,40,42)/b32-20-/t34-/m0/s1. The molecule has 1 aromatic heterocycles. The SMILES string of the molecule is CCOc1cc(/C=c2\sc3n(c2=O)[C@@H](c2cccc(OC)c2)C(C(=O)Nc2ccccc2)=C(C)N=3)ccc1OCc1ccc(Cl)cc1. The number of amides is 1. The summed E-state index contributed by atoms with van der Waals surface area (Å²) in [6, 6.07) is 28.9. The zero-order valence-corrected chi connectivity index (χ0v) is 27.6. The maximum atomic E-state index is 14.2. The summed E-state index contributed by atoms with van der Waals surface area (Å²) in [5.74, 6) is 1.43. The quantitative estimate of drug-likeness (QED) is 0.184. The van der Waals surface area contributed by atoms with E-state index in [-0.39, 0.29) is 11.5 Å². The topological polar surface area (TPSA) is 91.2 Å². The molecular weight excluding hydrogens is 634 g/mol. The number of rotatable bonds is 10. The van der Waals surface area contributed by atoms with Crippen LogP contribution in [0.15, 0.2) is 118 Å². The first-order chi connectivity index (χ1) is 22.8. The molecule has 0 bridgehead atoms. The van der Waals surface area contributed by atoms with E-state index in [1.54, 1.807) is 24.7 Å². The average molecular weight is 666 g/mol. The lowest BCUT2D eigenvalue weighted by Crippen LogP contribution is -2.40. The van der Waals surface area contributed by atoms with Gasteiger partial charge < -0.3 is 19.5 Å². The van der Waals surface area contributed by atoms with Crippen molar-refractivity contribution in [2.75, 3.05) is 19.0 Å². The van der Waals surface area contributed by atoms with Crippen molar-refractivity contribution in [2.45, 2.75) is 26.5 Å². The largest absolute Gasteiger partial charge is 0.497 e. The van der Waals surface area contributed by atoms with Crippen molar-refractivity contribution >= 4 is 40.6 Å². The third-order valence-corrected chi connectivity index (χ3v) is 8.82. The Bertz CT molecular complexity index is 2140. The number of benzene rings is 4. The first-order valence-corrected chi connectivity index (χ1v) is 16.2. The van der Waals surface area contributed by atoms with E-state index in [1.807, 2.05) is 104 Å². The van der Waals surface area contributed by atoms with Gasteiger partial charge in [0.1, 0.15) is 12.4 Å². The number of hydrogen-bond acceptors (Lipinski definition) is 7. The van der Waals surface area contributed by atoms with Gasteiger partial charge in [0.2, 0.25) is 0 Å². The van der Waals surface area contributed by atoms with Gasteiger partial charge in [0.05, 0.1) is 35.6 Å². The van der Waals surface area contributed by atoms with Gasteiger partial charge in [-0.25, -0.2) is 4.99 Å². The molecule has 0 saturated carbocycles. The highest BCUT2D eigenvalue weighted by Gasteiger charge is 2.32. The number of thiazole rings is 1. The Balaban J connectivity index is 1.39. The Hall–Kier alpha value is -5.12. The first kappa shape index (κ1) is 31.8. The Morgan fingerprint density at radius 3 is 2.51 bits per heavy atom. The molecule has 0 unspecified atom stereocenters. The van der Waals surface area contributed by atoms with Crippen molar-refractivity contribution < 1.29 is 19.0 Å². The predicted molar refractivity (Wildman–Crippen MR) is 185 cm³/mol. The highest BCUT2D eigenvalue weighted by molar-refractivity contribution is 7.07. The number of halogens is 1. The summed E-state index contributed by atoms with van der Waals surface area (Å²) in [5.41, 5.74) is 3.74. The van der Waals surface area contributed by atoms with Crippen molar-refractivity contribution in [3.63, 3.8) is 0 Å². The summed E-state index contributed by atoms with van der Waals surface area (Å²) in [7, 11) is 1.58. The molecule has 1 N–H and O–H groups in total. The number of methoxy groups -OCH3 is 1. The molecular formula is C37H32ClN3O5S. The van der Waals surface area contributed by atoms with Gasteiger partial charge in [0.25, 0.3) is 11.5 Å². The van der Waals surface area contributed by atoms with Gasteiger partial charge >= 0.3 is 0 Å². The van der Waals surface area contributed by atoms with Gasteiger partial charge in [-0.2, -0.15) is 0 Å². The van der Waals surface area contributed by atoms with Crippen molar-refractivity contribution in [3.05, 3.63) is 150 Å². The van der Waals surface area contributed by atoms with Crippen LogP contribution in [0.1, 0.15) is 36.6 Å². The molecule has 8 nitrogen and oxygen atoms in total. The van der Waals surface area contributed by atoms with Crippen LogP contribution in [0.25, 0.3) is 6.08 Å². The first-order valence-electron chi connectivity index (χ1n) is 15.0. The molecule has 1 atom stereocenters. The normalized spacial score (nSPS) is 14.3. The Kier molecular flexibility index (Phi) is 9.56. The van der Waals surface area contributed by atoms with Gasteiger partial charge in [0, 0.05) is 10.7 Å². The summed E-state index contributed by atoms with van der Waals surface area (Å²) in [6.07, 6.45) is 1.81. The second-order valence-corrected chi connectivity index (χ2v) is 12.2. The van der Waals surface area contributed by atoms with Crippen LogP contribution in [0.3, 0.4) is 0 Å². The molecule has 6 rings (SSSR count). The van der Waals surface area contributed by atoms with Gasteiger partial charge in [-0.05, 0) is 85.1 Å². The number of ether oxygens (including phenoxy) is 3. The molecule has 1 amide bonds. The van der Waals surface area contributed by atoms with Crippen LogP contribution in [-0.4, -0.2) is 24.2 Å². The van der Waals surface area contributed by atoms with E-state index < -0.39 is 6.04 Å². The van der Waals surface area contributed by atoms with E-state index in [0.29, 0.717) is 61.8 Å². The summed E-state index contributed by atoms with van der Waals surface area (Å²) in [5, 5.41) is 3.64. The van der Waals surface area contributed by atoms with Gasteiger partial charge in [0.15, 0.2) is 16.3 Å². The smallest absolute Gasteiger partial charge is 0.271 e. The third kappa shape index (κ3) is 7.01. The minimum atomic E-state index is -0.727. The molecule has 0 saturated heterocycles. The molecule has 0 spiro atoms. The van der Waals surface area contributed by atoms with E-state index in [9.17, 15) is 9.59 Å². The van der Waals surface area contributed by atoms with Crippen LogP contribution in [0, 0.1) is 0 Å². The maximum Gasteiger partial charge on any atom is 0.271 e. The maximum absolute atomic E-state index is 14.2. The van der Waals surface area contributed by atoms with E-state index in [4.69, 9.17) is 30.8 Å². The molecule has 4 aromatic carbocycles. The number of nitrogens with one attached hydrogen (secondary N) is 1. The lowest BCUT2D eigenvalue weighted by Gasteiger charge is -2.25. The van der Waals surface area contributed by atoms with Crippen LogP contribution in [0.4, 0.5) is 5.69 Å². The second kappa shape index (κ2) is 14.1. The fourth-order valence-electron chi connectivity index (χ4n) is 5.35. The summed E-state index contributed by atoms with van der Waals surface area (Å²) in [4.78, 5) is 33.2. The number of carbonyl (C=O) groups excluding carboxylic acids is 1. The van der Waals surface area contributed by atoms with Crippen LogP contribution >= 0.6 is 22.9 Å². The lowest BCUT2D eigenvalue weighted by atomic mass is 9.95. The number of allylic oxidation sites excluding steroid dienone is 1. The zero-order chi connectivity index (χ0) is 32.9. The Labute approximate surface area is 280 Å². The average Bonchev–Trinajstić information content (AvgIpc) is 3.38. The molecule has 5 aromatic rings. The predicted octanol–water partition coefficient (Wildman–Crippen LogP) is 6.51. The number of fused-ring (bicyclic) bond motifs is 1. The van der Waals surface area contributed by atoms with Crippen LogP contribution < -0.4 is 34.4 Å². The van der Waals surface area contributed by atoms with Crippen molar-refractivity contribution in [1.29, 1.82) is 0 Å². The molecule has 1 aliphatic rings. The summed E-state index contributed by atoms with van der Waals surface area (Å²) >= 11 is 7.28. The molecule has 1 aliphatic heterocycles. The fourth-order valence-corrected chi connectivity index (χ4v) is 6.53. The molecule has 47 heavy (non-hydrogen) atoms. The second-order valence-electron chi connectivity index (χ2n) is 10.7. The Morgan fingerprint density at radius 1 is 0.979 bits per heavy atom. The van der Waals surface area contributed by atoms with Gasteiger partial charge in [-0.15, -0.1) is 0 Å². The van der Waals surface area contributed by atoms with Crippen molar-refractivity contribution in [1.82, 2.24) is 4.57 Å². The van der Waals surface area contributed by atoms with Crippen molar-refractivity contribution in [3.8, 4) is 17.2 Å². The monoisotopic (exact) mass is 665 g/mol. The minimum absolute atomic E-state index is 0.264. The fraction of sp³-hybridized carbons (Fsp3) is 0.162. The minimum Gasteiger partial charge on any atom is -0.497 e. The lowest BCUT2D eigenvalue weighted by molar-refractivity contribution is -0.113. The number of carbonyl (C=O) groups is 1. The number of nitrogens with zero attached hydrogens (tertiary/aromatic N) is 2. The molecule has 238 valence electrons. The van der Waals surface area contributed by atoms with E-state index in [0.717, 1.165) is 16.7 Å². The van der Waals surface area contributed by atoms with Crippen LogP contribution in [0.5, 0.6) is 17.2 Å². The van der Waals surface area contributed by atoms with E-state index >= 15 is 0 Å². The van der Waals surface area contributed by atoms with E-state index in [2.05, 4.69) is 5.32 Å².